The van der Waals surface area contributed by atoms with Gasteiger partial charge in [-0.05, 0) is 18.6 Å². The first kappa shape index (κ1) is 12.8. The summed E-state index contributed by atoms with van der Waals surface area (Å²) in [6.07, 6.45) is 1.11. The molecule has 4 heteroatoms. The van der Waals surface area contributed by atoms with Crippen LogP contribution in [0.25, 0.3) is 0 Å². The van der Waals surface area contributed by atoms with E-state index in [4.69, 9.17) is 11.6 Å². The first-order valence-corrected chi connectivity index (χ1v) is 6.46. The summed E-state index contributed by atoms with van der Waals surface area (Å²) in [6, 6.07) is 5.44. The molecular formula is C13H18ClFN2. The Morgan fingerprint density at radius 2 is 2.35 bits per heavy atom. The van der Waals surface area contributed by atoms with E-state index in [1.165, 1.54) is 6.07 Å². The third-order valence-electron chi connectivity index (χ3n) is 3.24. The molecule has 94 valence electrons. The van der Waals surface area contributed by atoms with Crippen molar-refractivity contribution in [2.24, 2.45) is 0 Å². The Morgan fingerprint density at radius 1 is 1.53 bits per heavy atom. The number of benzene rings is 1. The van der Waals surface area contributed by atoms with Gasteiger partial charge in [0, 0.05) is 42.8 Å². The molecule has 2 nitrogen and oxygen atoms in total. The maximum absolute atomic E-state index is 13.7. The normalized spacial score (nSPS) is 21.7. The van der Waals surface area contributed by atoms with Crippen molar-refractivity contribution in [3.8, 4) is 0 Å². The largest absolute Gasteiger partial charge is 0.311 e. The van der Waals surface area contributed by atoms with Gasteiger partial charge in [-0.25, -0.2) is 4.39 Å². The summed E-state index contributed by atoms with van der Waals surface area (Å²) in [6.45, 7) is 5.77. The van der Waals surface area contributed by atoms with Gasteiger partial charge >= 0.3 is 0 Å². The molecule has 0 amide bonds. The third kappa shape index (κ3) is 3.41. The molecule has 1 aromatic rings. The molecule has 1 atom stereocenters. The smallest absolute Gasteiger partial charge is 0.129 e. The second-order valence-electron chi connectivity index (χ2n) is 4.53. The number of halogens is 2. The fourth-order valence-electron chi connectivity index (χ4n) is 2.20. The highest BCUT2D eigenvalue weighted by Gasteiger charge is 2.18. The summed E-state index contributed by atoms with van der Waals surface area (Å²) in [5.41, 5.74) is 0.728. The second kappa shape index (κ2) is 5.80. The Balaban J connectivity index is 2.00. The predicted octanol–water partition coefficient (Wildman–Crippen LogP) is 2.66. The van der Waals surface area contributed by atoms with Crippen molar-refractivity contribution in [1.29, 1.82) is 0 Å². The standard InChI is InChI=1S/C13H18ClFN2/c1-2-12-9-17(6-5-16-12)8-10-3-4-11(14)7-13(10)15/h3-4,7,12,16H,2,5-6,8-9H2,1H3. The van der Waals surface area contributed by atoms with Crippen molar-refractivity contribution in [3.05, 3.63) is 34.6 Å². The quantitative estimate of drug-likeness (QED) is 0.895. The lowest BCUT2D eigenvalue weighted by atomic mass is 10.1. The van der Waals surface area contributed by atoms with E-state index in [1.807, 2.05) is 0 Å². The van der Waals surface area contributed by atoms with Gasteiger partial charge in [0.2, 0.25) is 0 Å². The molecule has 0 saturated carbocycles. The van der Waals surface area contributed by atoms with Gasteiger partial charge < -0.3 is 5.32 Å². The van der Waals surface area contributed by atoms with E-state index >= 15 is 0 Å². The van der Waals surface area contributed by atoms with Crippen molar-refractivity contribution in [2.45, 2.75) is 25.9 Å². The van der Waals surface area contributed by atoms with Crippen LogP contribution in [-0.4, -0.2) is 30.6 Å². The average molecular weight is 257 g/mol. The summed E-state index contributed by atoms with van der Waals surface area (Å²) in [7, 11) is 0. The van der Waals surface area contributed by atoms with Gasteiger partial charge in [0.15, 0.2) is 0 Å². The van der Waals surface area contributed by atoms with Crippen LogP contribution in [0.3, 0.4) is 0 Å². The summed E-state index contributed by atoms with van der Waals surface area (Å²) < 4.78 is 13.7. The maximum Gasteiger partial charge on any atom is 0.129 e. The van der Waals surface area contributed by atoms with Crippen LogP contribution in [0.15, 0.2) is 18.2 Å². The third-order valence-corrected chi connectivity index (χ3v) is 3.48. The highest BCUT2D eigenvalue weighted by molar-refractivity contribution is 6.30. The van der Waals surface area contributed by atoms with E-state index in [0.29, 0.717) is 17.6 Å². The Kier molecular flexibility index (Phi) is 4.37. The minimum absolute atomic E-state index is 0.205. The number of piperazine rings is 1. The van der Waals surface area contributed by atoms with E-state index in [9.17, 15) is 4.39 Å². The van der Waals surface area contributed by atoms with Gasteiger partial charge in [-0.2, -0.15) is 0 Å². The monoisotopic (exact) mass is 256 g/mol. The van der Waals surface area contributed by atoms with Crippen molar-refractivity contribution < 1.29 is 4.39 Å². The number of nitrogens with zero attached hydrogens (tertiary/aromatic N) is 1. The summed E-state index contributed by atoms with van der Waals surface area (Å²) >= 11 is 5.74. The molecule has 1 unspecified atom stereocenters. The SMILES string of the molecule is CCC1CN(Cc2ccc(Cl)cc2F)CCN1. The predicted molar refractivity (Wildman–Crippen MR) is 68.8 cm³/mol. The van der Waals surface area contributed by atoms with E-state index in [0.717, 1.165) is 31.6 Å². The molecule has 1 aromatic carbocycles. The first-order valence-electron chi connectivity index (χ1n) is 6.08. The molecule has 0 aromatic heterocycles. The van der Waals surface area contributed by atoms with Crippen LogP contribution in [0, 0.1) is 5.82 Å². The van der Waals surface area contributed by atoms with Crippen LogP contribution in [0.5, 0.6) is 0 Å². The Labute approximate surface area is 107 Å². The molecular weight excluding hydrogens is 239 g/mol. The molecule has 1 saturated heterocycles. The van der Waals surface area contributed by atoms with Gasteiger partial charge in [0.1, 0.15) is 5.82 Å². The lowest BCUT2D eigenvalue weighted by molar-refractivity contribution is 0.188. The van der Waals surface area contributed by atoms with Crippen LogP contribution >= 0.6 is 11.6 Å². The molecule has 2 rings (SSSR count). The minimum atomic E-state index is -0.205. The zero-order chi connectivity index (χ0) is 12.3. The van der Waals surface area contributed by atoms with Crippen LogP contribution in [0.1, 0.15) is 18.9 Å². The molecule has 1 N–H and O–H groups in total. The topological polar surface area (TPSA) is 15.3 Å². The Morgan fingerprint density at radius 3 is 3.06 bits per heavy atom. The zero-order valence-electron chi connectivity index (χ0n) is 10.0. The summed E-state index contributed by atoms with van der Waals surface area (Å²) in [4.78, 5) is 2.29. The maximum atomic E-state index is 13.7. The van der Waals surface area contributed by atoms with E-state index in [-0.39, 0.29) is 5.82 Å². The fraction of sp³-hybridized carbons (Fsp3) is 0.538. The molecule has 1 heterocycles. The van der Waals surface area contributed by atoms with Crippen molar-refractivity contribution in [1.82, 2.24) is 10.2 Å². The van der Waals surface area contributed by atoms with Gasteiger partial charge in [0.05, 0.1) is 0 Å². The van der Waals surface area contributed by atoms with Gasteiger partial charge in [-0.15, -0.1) is 0 Å². The highest BCUT2D eigenvalue weighted by atomic mass is 35.5. The molecule has 0 aliphatic carbocycles. The van der Waals surface area contributed by atoms with E-state index < -0.39 is 0 Å². The molecule has 17 heavy (non-hydrogen) atoms. The molecule has 1 fully saturated rings. The Hall–Kier alpha value is -0.640. The fourth-order valence-corrected chi connectivity index (χ4v) is 2.36. The average Bonchev–Trinajstić information content (AvgIpc) is 2.33. The number of hydrogen-bond acceptors (Lipinski definition) is 2. The number of nitrogens with one attached hydrogen (secondary N) is 1. The van der Waals surface area contributed by atoms with Crippen LogP contribution in [0.4, 0.5) is 4.39 Å². The van der Waals surface area contributed by atoms with Crippen molar-refractivity contribution in [2.75, 3.05) is 19.6 Å². The van der Waals surface area contributed by atoms with Crippen LogP contribution in [-0.2, 0) is 6.54 Å². The minimum Gasteiger partial charge on any atom is -0.311 e. The zero-order valence-corrected chi connectivity index (χ0v) is 10.8. The van der Waals surface area contributed by atoms with E-state index in [1.54, 1.807) is 12.1 Å². The molecule has 1 aliphatic rings. The number of rotatable bonds is 3. The molecule has 1 aliphatic heterocycles. The summed E-state index contributed by atoms with van der Waals surface area (Å²) in [5, 5.41) is 3.91. The molecule has 0 spiro atoms. The summed E-state index contributed by atoms with van der Waals surface area (Å²) in [5.74, 6) is -0.205. The van der Waals surface area contributed by atoms with E-state index in [2.05, 4.69) is 17.1 Å². The highest BCUT2D eigenvalue weighted by Crippen LogP contribution is 2.17. The van der Waals surface area contributed by atoms with Gasteiger partial charge in [0.25, 0.3) is 0 Å². The molecule has 0 bridgehead atoms. The van der Waals surface area contributed by atoms with Gasteiger partial charge in [-0.1, -0.05) is 24.6 Å². The lowest BCUT2D eigenvalue weighted by Crippen LogP contribution is -2.49. The number of hydrogen-bond donors (Lipinski definition) is 1. The van der Waals surface area contributed by atoms with Crippen molar-refractivity contribution >= 4 is 11.6 Å². The van der Waals surface area contributed by atoms with Crippen LogP contribution in [0.2, 0.25) is 5.02 Å². The first-order chi connectivity index (χ1) is 8.19. The molecule has 0 radical (unpaired) electrons. The van der Waals surface area contributed by atoms with Crippen LogP contribution < -0.4 is 5.32 Å². The lowest BCUT2D eigenvalue weighted by Gasteiger charge is -2.33. The van der Waals surface area contributed by atoms with Crippen molar-refractivity contribution in [3.63, 3.8) is 0 Å². The van der Waals surface area contributed by atoms with Gasteiger partial charge in [-0.3, -0.25) is 4.90 Å². The second-order valence-corrected chi connectivity index (χ2v) is 4.97. The Bertz CT molecular complexity index is 384.